The lowest BCUT2D eigenvalue weighted by molar-refractivity contribution is 0.639. The molecule has 0 aromatic carbocycles. The summed E-state index contributed by atoms with van der Waals surface area (Å²) in [5, 5.41) is 0. The molecule has 1 atom stereocenters. The minimum atomic E-state index is -1.03. The van der Waals surface area contributed by atoms with Crippen LogP contribution in [0.15, 0.2) is 0 Å². The number of hydrogen-bond donors (Lipinski definition) is 1. The van der Waals surface area contributed by atoms with Gasteiger partial charge in [0.25, 0.3) is 0 Å². The predicted octanol–water partition coefficient (Wildman–Crippen LogP) is 2.77. The Morgan fingerprint density at radius 3 is 2.09 bits per heavy atom. The van der Waals surface area contributed by atoms with E-state index < -0.39 is 8.07 Å². The molecule has 0 aliphatic rings. The maximum Gasteiger partial charge on any atom is 0.0632 e. The summed E-state index contributed by atoms with van der Waals surface area (Å²) < 4.78 is 0. The normalized spacial score (nSPS) is 15.0. The van der Waals surface area contributed by atoms with Gasteiger partial charge in [0, 0.05) is 0 Å². The van der Waals surface area contributed by atoms with Crippen LogP contribution in [-0.2, 0) is 0 Å². The summed E-state index contributed by atoms with van der Waals surface area (Å²) in [6.07, 6.45) is 5.21. The van der Waals surface area contributed by atoms with Gasteiger partial charge in [0.05, 0.1) is 8.07 Å². The zero-order chi connectivity index (χ0) is 8.91. The quantitative estimate of drug-likeness (QED) is 0.502. The van der Waals surface area contributed by atoms with Crippen molar-refractivity contribution in [3.63, 3.8) is 0 Å². The van der Waals surface area contributed by atoms with Crippen molar-refractivity contribution in [3.8, 4) is 0 Å². The van der Waals surface area contributed by atoms with Gasteiger partial charge in [0.1, 0.15) is 0 Å². The van der Waals surface area contributed by atoms with Crippen LogP contribution in [-0.4, -0.2) is 13.7 Å². The molecule has 0 saturated heterocycles. The number of hydrogen-bond acceptors (Lipinski definition) is 1. The van der Waals surface area contributed by atoms with Crippen molar-refractivity contribution in [2.75, 3.05) is 0 Å². The average Bonchev–Trinajstić information content (AvgIpc) is 1.86. The first-order chi connectivity index (χ1) is 4.98. The topological polar surface area (TPSA) is 26.0 Å². The standard InChI is InChI=1S/C9H23NSi/c1-5-6-7-8-9(10)11(2,3)4/h9H,5-8,10H2,1-4H3. The summed E-state index contributed by atoms with van der Waals surface area (Å²) in [7, 11) is -1.03. The highest BCUT2D eigenvalue weighted by Crippen LogP contribution is 2.12. The SMILES string of the molecule is CCCCCC(N)[Si](C)(C)C. The molecule has 0 fully saturated rings. The van der Waals surface area contributed by atoms with Crippen LogP contribution < -0.4 is 5.73 Å². The van der Waals surface area contributed by atoms with E-state index in [0.717, 1.165) is 0 Å². The van der Waals surface area contributed by atoms with Gasteiger partial charge in [0.15, 0.2) is 0 Å². The van der Waals surface area contributed by atoms with Crippen molar-refractivity contribution in [2.24, 2.45) is 5.73 Å². The van der Waals surface area contributed by atoms with Crippen LogP contribution in [0, 0.1) is 0 Å². The van der Waals surface area contributed by atoms with Crippen LogP contribution >= 0.6 is 0 Å². The van der Waals surface area contributed by atoms with E-state index >= 15 is 0 Å². The molecule has 2 N–H and O–H groups in total. The fourth-order valence-corrected chi connectivity index (χ4v) is 2.12. The Balaban J connectivity index is 3.44. The second kappa shape index (κ2) is 4.94. The Morgan fingerprint density at radius 2 is 1.73 bits per heavy atom. The van der Waals surface area contributed by atoms with E-state index in [0.29, 0.717) is 5.67 Å². The Hall–Kier alpha value is 0.177. The van der Waals surface area contributed by atoms with Crippen LogP contribution in [0.5, 0.6) is 0 Å². The molecule has 11 heavy (non-hydrogen) atoms. The molecule has 68 valence electrons. The van der Waals surface area contributed by atoms with Crippen molar-refractivity contribution in [1.82, 2.24) is 0 Å². The van der Waals surface area contributed by atoms with Gasteiger partial charge in [-0.25, -0.2) is 0 Å². The minimum absolute atomic E-state index is 0.508. The molecule has 0 saturated carbocycles. The van der Waals surface area contributed by atoms with Gasteiger partial charge in [-0.1, -0.05) is 45.8 Å². The molecule has 0 spiro atoms. The van der Waals surface area contributed by atoms with E-state index in [4.69, 9.17) is 5.73 Å². The maximum atomic E-state index is 6.05. The monoisotopic (exact) mass is 173 g/mol. The van der Waals surface area contributed by atoms with Crippen LogP contribution in [0.25, 0.3) is 0 Å². The fourth-order valence-electron chi connectivity index (χ4n) is 1.05. The Bertz CT molecular complexity index is 96.2. The largest absolute Gasteiger partial charge is 0.330 e. The molecule has 0 rings (SSSR count). The van der Waals surface area contributed by atoms with Gasteiger partial charge >= 0.3 is 0 Å². The zero-order valence-corrected chi connectivity index (χ0v) is 9.48. The highest BCUT2D eigenvalue weighted by Gasteiger charge is 2.21. The third kappa shape index (κ3) is 5.45. The molecular weight excluding hydrogens is 150 g/mol. The molecule has 0 aromatic rings. The highest BCUT2D eigenvalue weighted by atomic mass is 28.3. The van der Waals surface area contributed by atoms with Crippen molar-refractivity contribution in [3.05, 3.63) is 0 Å². The third-order valence-corrected chi connectivity index (χ3v) is 4.74. The summed E-state index contributed by atoms with van der Waals surface area (Å²) in [6.45, 7) is 9.29. The lowest BCUT2D eigenvalue weighted by atomic mass is 10.2. The van der Waals surface area contributed by atoms with Crippen molar-refractivity contribution in [1.29, 1.82) is 0 Å². The highest BCUT2D eigenvalue weighted by molar-refractivity contribution is 6.77. The number of unbranched alkanes of at least 4 members (excludes halogenated alkanes) is 2. The number of rotatable bonds is 5. The summed E-state index contributed by atoms with van der Waals surface area (Å²) >= 11 is 0. The van der Waals surface area contributed by atoms with Gasteiger partial charge < -0.3 is 5.73 Å². The van der Waals surface area contributed by atoms with E-state index in [1.54, 1.807) is 0 Å². The maximum absolute atomic E-state index is 6.05. The minimum Gasteiger partial charge on any atom is -0.330 e. The summed E-state index contributed by atoms with van der Waals surface area (Å²) in [4.78, 5) is 0. The summed E-state index contributed by atoms with van der Waals surface area (Å²) in [5.74, 6) is 0. The van der Waals surface area contributed by atoms with Crippen LogP contribution in [0.3, 0.4) is 0 Å². The first-order valence-corrected chi connectivity index (χ1v) is 8.31. The van der Waals surface area contributed by atoms with E-state index in [9.17, 15) is 0 Å². The van der Waals surface area contributed by atoms with Crippen molar-refractivity contribution < 1.29 is 0 Å². The van der Waals surface area contributed by atoms with Crippen LogP contribution in [0.4, 0.5) is 0 Å². The molecule has 0 aliphatic heterocycles. The smallest absolute Gasteiger partial charge is 0.0632 e. The lowest BCUT2D eigenvalue weighted by Crippen LogP contribution is -2.44. The molecule has 1 unspecified atom stereocenters. The molecule has 0 bridgehead atoms. The summed E-state index contributed by atoms with van der Waals surface area (Å²) in [5.41, 5.74) is 6.56. The van der Waals surface area contributed by atoms with Gasteiger partial charge in [-0.15, -0.1) is 0 Å². The fraction of sp³-hybridized carbons (Fsp3) is 1.00. The van der Waals surface area contributed by atoms with Crippen LogP contribution in [0.1, 0.15) is 32.6 Å². The first-order valence-electron chi connectivity index (χ1n) is 4.74. The average molecular weight is 173 g/mol. The number of nitrogens with two attached hydrogens (primary N) is 1. The Kier molecular flexibility index (Phi) is 5.02. The molecule has 0 heterocycles. The van der Waals surface area contributed by atoms with Gasteiger partial charge in [-0.3, -0.25) is 0 Å². The van der Waals surface area contributed by atoms with Gasteiger partial charge in [0.2, 0.25) is 0 Å². The molecule has 1 nitrogen and oxygen atoms in total. The van der Waals surface area contributed by atoms with Gasteiger partial charge in [-0.05, 0) is 12.1 Å². The Labute approximate surface area is 72.4 Å². The van der Waals surface area contributed by atoms with Crippen molar-refractivity contribution in [2.45, 2.75) is 57.9 Å². The summed E-state index contributed by atoms with van der Waals surface area (Å²) in [6, 6.07) is 0. The second-order valence-corrected chi connectivity index (χ2v) is 9.94. The molecule has 2 heteroatoms. The molecule has 0 amide bonds. The predicted molar refractivity (Wildman–Crippen MR) is 55.5 cm³/mol. The molecule has 0 radical (unpaired) electrons. The molecule has 0 aliphatic carbocycles. The van der Waals surface area contributed by atoms with Crippen molar-refractivity contribution >= 4 is 8.07 Å². The lowest BCUT2D eigenvalue weighted by Gasteiger charge is -2.24. The molecule has 0 aromatic heterocycles. The third-order valence-electron chi connectivity index (χ3n) is 2.23. The van der Waals surface area contributed by atoms with E-state index in [1.807, 2.05) is 0 Å². The first kappa shape index (κ1) is 11.2. The molecular formula is C9H23NSi. The van der Waals surface area contributed by atoms with E-state index in [1.165, 1.54) is 25.7 Å². The van der Waals surface area contributed by atoms with E-state index in [2.05, 4.69) is 26.6 Å². The second-order valence-electron chi connectivity index (χ2n) is 4.47. The van der Waals surface area contributed by atoms with Crippen LogP contribution in [0.2, 0.25) is 19.6 Å². The zero-order valence-electron chi connectivity index (χ0n) is 8.48. The Morgan fingerprint density at radius 1 is 1.18 bits per heavy atom. The van der Waals surface area contributed by atoms with Gasteiger partial charge in [-0.2, -0.15) is 0 Å². The van der Waals surface area contributed by atoms with E-state index in [-0.39, 0.29) is 0 Å².